The van der Waals surface area contributed by atoms with Gasteiger partial charge in [-0.15, -0.1) is 17.8 Å². The Bertz CT molecular complexity index is 1480. The number of ether oxygens (including phenoxy) is 2. The Hall–Kier alpha value is -4.81. The largest absolute Gasteiger partial charge is 0.497 e. The van der Waals surface area contributed by atoms with Crippen LogP contribution in [-0.2, 0) is 13.1 Å². The van der Waals surface area contributed by atoms with E-state index in [1.807, 2.05) is 60.7 Å². The molecule has 1 aliphatic heterocycles. The number of amides is 3. The Kier molecular flexibility index (Phi) is 8.51. The summed E-state index contributed by atoms with van der Waals surface area (Å²) in [5, 5.41) is 2.09. The number of methoxy groups -OCH3 is 2. The second-order valence-corrected chi connectivity index (χ2v) is 10.5. The Morgan fingerprint density at radius 2 is 1.49 bits per heavy atom. The number of hydrogen-bond donors (Lipinski definition) is 0. The molecular formula is C32H30N4O4S. The summed E-state index contributed by atoms with van der Waals surface area (Å²) in [6.45, 7) is 1.44. The number of carbonyl (C=O) groups is 2. The maximum Gasteiger partial charge on any atom is 0.320 e. The molecule has 3 aromatic carbocycles. The molecule has 0 atom stereocenters. The molecule has 0 aliphatic carbocycles. The maximum absolute atomic E-state index is 14.2. The van der Waals surface area contributed by atoms with E-state index in [0.29, 0.717) is 48.4 Å². The summed E-state index contributed by atoms with van der Waals surface area (Å²) < 4.78 is 11.1. The average Bonchev–Trinajstić information content (AvgIpc) is 3.50. The van der Waals surface area contributed by atoms with E-state index in [2.05, 4.69) is 10.9 Å². The molecule has 1 fully saturated rings. The van der Waals surface area contributed by atoms with Crippen LogP contribution in [0, 0.1) is 12.3 Å². The van der Waals surface area contributed by atoms with Gasteiger partial charge in [0.2, 0.25) is 0 Å². The van der Waals surface area contributed by atoms with E-state index in [1.54, 1.807) is 52.5 Å². The Labute approximate surface area is 243 Å². The van der Waals surface area contributed by atoms with Gasteiger partial charge in [0, 0.05) is 49.8 Å². The first-order chi connectivity index (χ1) is 20.0. The van der Waals surface area contributed by atoms with Crippen molar-refractivity contribution in [3.63, 3.8) is 0 Å². The van der Waals surface area contributed by atoms with Crippen molar-refractivity contribution in [2.45, 2.75) is 19.1 Å². The summed E-state index contributed by atoms with van der Waals surface area (Å²) in [6.07, 6.45) is 5.56. The van der Waals surface area contributed by atoms with E-state index >= 15 is 0 Å². The number of terminal acetylenes is 1. The molecule has 4 aromatic rings. The van der Waals surface area contributed by atoms with E-state index in [0.717, 1.165) is 11.1 Å². The fourth-order valence-corrected chi connectivity index (χ4v) is 5.54. The highest BCUT2D eigenvalue weighted by Gasteiger charge is 2.38. The van der Waals surface area contributed by atoms with Gasteiger partial charge in [-0.3, -0.25) is 4.79 Å². The summed E-state index contributed by atoms with van der Waals surface area (Å²) >= 11 is 1.24. The van der Waals surface area contributed by atoms with E-state index in [-0.39, 0.29) is 17.6 Å². The molecule has 208 valence electrons. The highest BCUT2D eigenvalue weighted by atomic mass is 32.1. The van der Waals surface area contributed by atoms with Crippen LogP contribution in [-0.4, -0.2) is 60.1 Å². The fourth-order valence-electron chi connectivity index (χ4n) is 4.95. The van der Waals surface area contributed by atoms with Crippen molar-refractivity contribution in [2.75, 3.05) is 32.2 Å². The van der Waals surface area contributed by atoms with Gasteiger partial charge < -0.3 is 24.2 Å². The number of nitrogens with zero attached hydrogens (tertiary/aromatic N) is 4. The first kappa shape index (κ1) is 27.7. The van der Waals surface area contributed by atoms with Crippen molar-refractivity contribution in [3.05, 3.63) is 106 Å². The number of urea groups is 1. The number of thiazole rings is 1. The average molecular weight is 567 g/mol. The van der Waals surface area contributed by atoms with Crippen LogP contribution in [0.25, 0.3) is 0 Å². The Balaban J connectivity index is 1.57. The first-order valence-corrected chi connectivity index (χ1v) is 14.0. The standard InChI is InChI=1S/C32H30N4O4S/c1-4-30-33-29(22-41-30)31(37)36(25-15-27(39-2)17-28(16-25)40-3)26-20-34(18-23-11-7-5-8-12-23)32(38)35(21-26)19-24-13-9-6-10-14-24/h1,5-17,22,26H,18-21H2,2-3H3. The van der Waals surface area contributed by atoms with Gasteiger partial charge in [0.25, 0.3) is 5.91 Å². The maximum atomic E-state index is 14.2. The third kappa shape index (κ3) is 6.34. The first-order valence-electron chi connectivity index (χ1n) is 13.1. The quantitative estimate of drug-likeness (QED) is 0.257. The van der Waals surface area contributed by atoms with Crippen LogP contribution in [0.4, 0.5) is 10.5 Å². The molecule has 1 aliphatic rings. The van der Waals surface area contributed by atoms with Gasteiger partial charge in [0.1, 0.15) is 17.2 Å². The smallest absolute Gasteiger partial charge is 0.320 e. The van der Waals surface area contributed by atoms with Gasteiger partial charge >= 0.3 is 6.03 Å². The molecule has 0 bridgehead atoms. The zero-order valence-electron chi connectivity index (χ0n) is 22.9. The molecule has 3 amide bonds. The monoisotopic (exact) mass is 566 g/mol. The number of rotatable bonds is 9. The summed E-state index contributed by atoms with van der Waals surface area (Å²) in [7, 11) is 3.12. The molecule has 8 nitrogen and oxygen atoms in total. The number of aromatic nitrogens is 1. The number of carbonyl (C=O) groups excluding carboxylic acids is 2. The molecular weight excluding hydrogens is 536 g/mol. The number of hydrogen-bond acceptors (Lipinski definition) is 6. The molecule has 5 rings (SSSR count). The van der Waals surface area contributed by atoms with Gasteiger partial charge in [0.15, 0.2) is 5.01 Å². The van der Waals surface area contributed by atoms with E-state index in [1.165, 1.54) is 11.3 Å². The van der Waals surface area contributed by atoms with E-state index in [4.69, 9.17) is 15.9 Å². The molecule has 0 radical (unpaired) electrons. The highest BCUT2D eigenvalue weighted by molar-refractivity contribution is 7.10. The van der Waals surface area contributed by atoms with E-state index in [9.17, 15) is 9.59 Å². The molecule has 0 N–H and O–H groups in total. The van der Waals surface area contributed by atoms with E-state index < -0.39 is 6.04 Å². The molecule has 41 heavy (non-hydrogen) atoms. The van der Waals surface area contributed by atoms with Gasteiger partial charge in [0.05, 0.1) is 25.9 Å². The summed E-state index contributed by atoms with van der Waals surface area (Å²) in [5.41, 5.74) is 2.81. The Morgan fingerprint density at radius 1 is 0.951 bits per heavy atom. The zero-order valence-corrected chi connectivity index (χ0v) is 23.7. The van der Waals surface area contributed by atoms with Crippen molar-refractivity contribution in [1.29, 1.82) is 0 Å². The van der Waals surface area contributed by atoms with Crippen LogP contribution in [0.1, 0.15) is 26.6 Å². The minimum absolute atomic E-state index is 0.0899. The predicted octanol–water partition coefficient (Wildman–Crippen LogP) is 5.30. The van der Waals surface area contributed by atoms with Crippen molar-refractivity contribution < 1.29 is 19.1 Å². The normalized spacial score (nSPS) is 13.5. The molecule has 0 spiro atoms. The predicted molar refractivity (Wildman–Crippen MR) is 159 cm³/mol. The van der Waals surface area contributed by atoms with Crippen molar-refractivity contribution in [3.8, 4) is 23.8 Å². The minimum atomic E-state index is -0.416. The van der Waals surface area contributed by atoms with Crippen LogP contribution in [0.3, 0.4) is 0 Å². The van der Waals surface area contributed by atoms with Crippen LogP contribution >= 0.6 is 11.3 Å². The lowest BCUT2D eigenvalue weighted by molar-refractivity contribution is 0.0896. The van der Waals surface area contributed by atoms with Crippen molar-refractivity contribution in [1.82, 2.24) is 14.8 Å². The molecule has 2 heterocycles. The summed E-state index contributed by atoms with van der Waals surface area (Å²) in [5.74, 6) is 3.26. The third-order valence-electron chi connectivity index (χ3n) is 6.88. The molecule has 1 saturated heterocycles. The lowest BCUT2D eigenvalue weighted by atomic mass is 10.1. The van der Waals surface area contributed by atoms with Crippen molar-refractivity contribution >= 4 is 29.0 Å². The molecule has 1 aromatic heterocycles. The lowest BCUT2D eigenvalue weighted by Crippen LogP contribution is -2.61. The van der Waals surface area contributed by atoms with Crippen molar-refractivity contribution in [2.24, 2.45) is 0 Å². The molecule has 0 unspecified atom stereocenters. The van der Waals surface area contributed by atoms with Gasteiger partial charge in [-0.05, 0) is 17.0 Å². The second kappa shape index (κ2) is 12.6. The Morgan fingerprint density at radius 3 is 1.95 bits per heavy atom. The fraction of sp³-hybridized carbons (Fsp3) is 0.219. The highest BCUT2D eigenvalue weighted by Crippen LogP contribution is 2.32. The minimum Gasteiger partial charge on any atom is -0.497 e. The van der Waals surface area contributed by atoms with Crippen LogP contribution in [0.15, 0.2) is 84.2 Å². The third-order valence-corrected chi connectivity index (χ3v) is 7.65. The van der Waals surface area contributed by atoms with Crippen LogP contribution < -0.4 is 14.4 Å². The second-order valence-electron chi connectivity index (χ2n) is 9.60. The summed E-state index contributed by atoms with van der Waals surface area (Å²) in [6, 6.07) is 24.5. The van der Waals surface area contributed by atoms with Crippen LogP contribution in [0.5, 0.6) is 11.5 Å². The summed E-state index contributed by atoms with van der Waals surface area (Å²) in [4.78, 5) is 37.6. The zero-order chi connectivity index (χ0) is 28.8. The SMILES string of the molecule is C#Cc1nc(C(=O)N(c2cc(OC)cc(OC)c2)C2CN(Cc3ccccc3)C(=O)N(Cc3ccccc3)C2)cs1. The van der Waals surface area contributed by atoms with Crippen LogP contribution in [0.2, 0.25) is 0 Å². The number of benzene rings is 3. The van der Waals surface area contributed by atoms with Gasteiger partial charge in [-0.2, -0.15) is 0 Å². The van der Waals surface area contributed by atoms with Gasteiger partial charge in [-0.25, -0.2) is 9.78 Å². The number of anilines is 1. The lowest BCUT2D eigenvalue weighted by Gasteiger charge is -2.44. The topological polar surface area (TPSA) is 75.2 Å². The molecule has 0 saturated carbocycles. The molecule has 9 heteroatoms. The van der Waals surface area contributed by atoms with Gasteiger partial charge in [-0.1, -0.05) is 60.7 Å².